The number of para-hydroxylation sites is 2. The molecule has 0 aliphatic carbocycles. The van der Waals surface area contributed by atoms with Gasteiger partial charge in [0.1, 0.15) is 0 Å². The summed E-state index contributed by atoms with van der Waals surface area (Å²) in [5.41, 5.74) is 2.96. The van der Waals surface area contributed by atoms with E-state index in [1.54, 1.807) is 36.1 Å². The van der Waals surface area contributed by atoms with E-state index in [2.05, 4.69) is 4.98 Å². The number of ether oxygens (including phenoxy) is 1. The van der Waals surface area contributed by atoms with Crippen LogP contribution in [0.5, 0.6) is 0 Å². The molecule has 0 radical (unpaired) electrons. The first-order valence-electron chi connectivity index (χ1n) is 9.69. The van der Waals surface area contributed by atoms with Gasteiger partial charge in [0.05, 0.1) is 11.3 Å². The number of benzene rings is 2. The van der Waals surface area contributed by atoms with Crippen LogP contribution >= 0.6 is 0 Å². The highest BCUT2D eigenvalue weighted by Gasteiger charge is 2.29. The van der Waals surface area contributed by atoms with Crippen molar-refractivity contribution in [2.75, 3.05) is 11.4 Å². The molecule has 0 saturated carbocycles. The molecule has 1 fully saturated rings. The number of fused-ring (bicyclic) bond motifs is 1. The Hall–Kier alpha value is -3.41. The van der Waals surface area contributed by atoms with Crippen molar-refractivity contribution in [3.63, 3.8) is 0 Å². The highest BCUT2D eigenvalue weighted by Crippen LogP contribution is 2.27. The van der Waals surface area contributed by atoms with Gasteiger partial charge in [-0.3, -0.25) is 9.59 Å². The van der Waals surface area contributed by atoms with Gasteiger partial charge in [-0.1, -0.05) is 30.3 Å². The van der Waals surface area contributed by atoms with Crippen LogP contribution < -0.4 is 4.90 Å². The summed E-state index contributed by atoms with van der Waals surface area (Å²) in [6, 6.07) is 14.4. The van der Waals surface area contributed by atoms with E-state index in [0.29, 0.717) is 24.2 Å². The number of hydrogen-bond donors (Lipinski definition) is 1. The number of carbonyl (C=O) groups is 3. The standard InChI is InChI=1S/C23H22N2O4/c1-14-21(16-8-3-5-10-18(16)24-14)22(27)15(2)29-23(28)17-9-4-6-11-19(17)25-13-7-12-20(25)26/h3-6,8-11,15,24H,7,12-13H2,1-2H3/t15-/m1/s1. The maximum atomic E-state index is 13.0. The number of ketones is 1. The van der Waals surface area contributed by atoms with E-state index in [0.717, 1.165) is 23.0 Å². The van der Waals surface area contributed by atoms with Gasteiger partial charge in [-0.25, -0.2) is 4.79 Å². The zero-order chi connectivity index (χ0) is 20.5. The number of Topliss-reactive ketones (excluding diaryl/α,β-unsaturated/α-hetero) is 1. The van der Waals surface area contributed by atoms with Gasteiger partial charge in [-0.05, 0) is 38.5 Å². The number of nitrogens with one attached hydrogen (secondary N) is 1. The summed E-state index contributed by atoms with van der Waals surface area (Å²) in [6.07, 6.45) is 0.275. The van der Waals surface area contributed by atoms with Crippen molar-refractivity contribution >= 4 is 34.3 Å². The van der Waals surface area contributed by atoms with E-state index < -0.39 is 12.1 Å². The minimum Gasteiger partial charge on any atom is -0.451 e. The minimum absolute atomic E-state index is 0.0104. The molecular formula is C23H22N2O4. The summed E-state index contributed by atoms with van der Waals surface area (Å²) >= 11 is 0. The molecule has 2 aromatic carbocycles. The summed E-state index contributed by atoms with van der Waals surface area (Å²) in [5, 5.41) is 0.806. The lowest BCUT2D eigenvalue weighted by Gasteiger charge is -2.20. The molecule has 4 rings (SSSR count). The predicted molar refractivity (Wildman–Crippen MR) is 110 cm³/mol. The van der Waals surface area contributed by atoms with Crippen LogP contribution in [0.1, 0.15) is 46.2 Å². The third kappa shape index (κ3) is 3.42. The van der Waals surface area contributed by atoms with Crippen LogP contribution in [0.3, 0.4) is 0 Å². The van der Waals surface area contributed by atoms with Crippen LogP contribution in [0, 0.1) is 6.92 Å². The molecule has 29 heavy (non-hydrogen) atoms. The third-order valence-corrected chi connectivity index (χ3v) is 5.28. The molecule has 1 atom stereocenters. The Morgan fingerprint density at radius 2 is 1.83 bits per heavy atom. The second-order valence-corrected chi connectivity index (χ2v) is 7.25. The van der Waals surface area contributed by atoms with E-state index in [1.807, 2.05) is 31.2 Å². The minimum atomic E-state index is -0.956. The molecule has 0 unspecified atom stereocenters. The Bertz CT molecular complexity index is 1120. The molecule has 1 saturated heterocycles. The zero-order valence-corrected chi connectivity index (χ0v) is 16.4. The fourth-order valence-electron chi connectivity index (χ4n) is 3.86. The summed E-state index contributed by atoms with van der Waals surface area (Å²) in [6.45, 7) is 3.98. The van der Waals surface area contributed by atoms with E-state index in [1.165, 1.54) is 0 Å². The Morgan fingerprint density at radius 1 is 1.10 bits per heavy atom. The molecule has 1 N–H and O–H groups in total. The fraction of sp³-hybridized carbons (Fsp3) is 0.261. The van der Waals surface area contributed by atoms with E-state index in [4.69, 9.17) is 4.74 Å². The zero-order valence-electron chi connectivity index (χ0n) is 16.4. The van der Waals surface area contributed by atoms with Gasteiger partial charge < -0.3 is 14.6 Å². The number of H-pyrrole nitrogens is 1. The Morgan fingerprint density at radius 3 is 2.59 bits per heavy atom. The van der Waals surface area contributed by atoms with Gasteiger partial charge in [0.2, 0.25) is 11.7 Å². The summed E-state index contributed by atoms with van der Waals surface area (Å²) in [4.78, 5) is 42.8. The number of aromatic amines is 1. The number of esters is 1. The fourth-order valence-corrected chi connectivity index (χ4v) is 3.86. The number of amides is 1. The van der Waals surface area contributed by atoms with Crippen molar-refractivity contribution < 1.29 is 19.1 Å². The summed E-state index contributed by atoms with van der Waals surface area (Å²) in [5.74, 6) is -0.884. The monoisotopic (exact) mass is 390 g/mol. The lowest BCUT2D eigenvalue weighted by Crippen LogP contribution is -2.28. The highest BCUT2D eigenvalue weighted by atomic mass is 16.5. The smallest absolute Gasteiger partial charge is 0.340 e. The molecule has 6 nitrogen and oxygen atoms in total. The number of carbonyl (C=O) groups excluding carboxylic acids is 3. The van der Waals surface area contributed by atoms with Crippen molar-refractivity contribution in [3.05, 3.63) is 65.4 Å². The molecule has 1 amide bonds. The predicted octanol–water partition coefficient (Wildman–Crippen LogP) is 4.03. The number of hydrogen-bond acceptors (Lipinski definition) is 4. The second-order valence-electron chi connectivity index (χ2n) is 7.25. The number of aryl methyl sites for hydroxylation is 1. The normalized spacial score (nSPS) is 15.0. The molecule has 3 aromatic rings. The average molecular weight is 390 g/mol. The van der Waals surface area contributed by atoms with Gasteiger partial charge in [0.15, 0.2) is 6.10 Å². The van der Waals surface area contributed by atoms with E-state index in [-0.39, 0.29) is 17.3 Å². The van der Waals surface area contributed by atoms with Crippen molar-refractivity contribution in [2.24, 2.45) is 0 Å². The van der Waals surface area contributed by atoms with Gasteiger partial charge in [-0.15, -0.1) is 0 Å². The SMILES string of the molecule is Cc1[nH]c2ccccc2c1C(=O)[C@@H](C)OC(=O)c1ccccc1N1CCCC1=O. The molecule has 148 valence electrons. The van der Waals surface area contributed by atoms with Gasteiger partial charge in [-0.2, -0.15) is 0 Å². The molecule has 0 bridgehead atoms. The Balaban J connectivity index is 1.58. The van der Waals surface area contributed by atoms with Crippen LogP contribution in [-0.4, -0.2) is 35.3 Å². The number of aromatic nitrogens is 1. The van der Waals surface area contributed by atoms with E-state index in [9.17, 15) is 14.4 Å². The first-order valence-corrected chi connectivity index (χ1v) is 9.69. The molecule has 1 aromatic heterocycles. The van der Waals surface area contributed by atoms with Crippen molar-refractivity contribution in [2.45, 2.75) is 32.8 Å². The van der Waals surface area contributed by atoms with Crippen LogP contribution in [0.25, 0.3) is 10.9 Å². The van der Waals surface area contributed by atoms with Crippen LogP contribution in [-0.2, 0) is 9.53 Å². The van der Waals surface area contributed by atoms with Crippen LogP contribution in [0.2, 0.25) is 0 Å². The summed E-state index contributed by atoms with van der Waals surface area (Å²) < 4.78 is 5.52. The summed E-state index contributed by atoms with van der Waals surface area (Å²) in [7, 11) is 0. The Kier molecular flexibility index (Phi) is 4.92. The quantitative estimate of drug-likeness (QED) is 0.527. The average Bonchev–Trinajstić information content (AvgIpc) is 3.29. The first kappa shape index (κ1) is 18.9. The third-order valence-electron chi connectivity index (χ3n) is 5.28. The van der Waals surface area contributed by atoms with Crippen molar-refractivity contribution in [3.8, 4) is 0 Å². The number of anilines is 1. The molecular weight excluding hydrogens is 368 g/mol. The van der Waals surface area contributed by atoms with Crippen molar-refractivity contribution in [1.82, 2.24) is 4.98 Å². The molecule has 0 spiro atoms. The lowest BCUT2D eigenvalue weighted by atomic mass is 10.0. The number of nitrogens with zero attached hydrogens (tertiary/aromatic N) is 1. The molecule has 1 aliphatic heterocycles. The molecule has 1 aliphatic rings. The topological polar surface area (TPSA) is 79.5 Å². The van der Waals surface area contributed by atoms with Crippen LogP contribution in [0.15, 0.2) is 48.5 Å². The van der Waals surface area contributed by atoms with Gasteiger partial charge in [0.25, 0.3) is 0 Å². The second kappa shape index (κ2) is 7.54. The molecule has 6 heteroatoms. The van der Waals surface area contributed by atoms with E-state index >= 15 is 0 Å². The largest absolute Gasteiger partial charge is 0.451 e. The van der Waals surface area contributed by atoms with Crippen molar-refractivity contribution in [1.29, 1.82) is 0 Å². The molecule has 2 heterocycles. The first-order chi connectivity index (χ1) is 14.0. The van der Waals surface area contributed by atoms with Gasteiger partial charge in [0, 0.05) is 35.1 Å². The van der Waals surface area contributed by atoms with Crippen LogP contribution in [0.4, 0.5) is 5.69 Å². The highest BCUT2D eigenvalue weighted by molar-refractivity contribution is 6.12. The number of rotatable bonds is 5. The lowest BCUT2D eigenvalue weighted by molar-refractivity contribution is -0.117. The Labute approximate surface area is 168 Å². The van der Waals surface area contributed by atoms with Gasteiger partial charge >= 0.3 is 5.97 Å². The maximum absolute atomic E-state index is 13.0. The maximum Gasteiger partial charge on any atom is 0.340 e.